The Kier molecular flexibility index (Phi) is 6.36. The van der Waals surface area contributed by atoms with E-state index in [0.717, 1.165) is 11.3 Å². The molecule has 7 heteroatoms. The van der Waals surface area contributed by atoms with E-state index >= 15 is 0 Å². The Morgan fingerprint density at radius 1 is 1.12 bits per heavy atom. The molecule has 0 unspecified atom stereocenters. The first kappa shape index (κ1) is 18.7. The molecule has 0 saturated heterocycles. The second-order valence-corrected chi connectivity index (χ2v) is 6.17. The number of rotatable bonds is 6. The quantitative estimate of drug-likeness (QED) is 0.735. The zero-order chi connectivity index (χ0) is 18.4. The van der Waals surface area contributed by atoms with Crippen molar-refractivity contribution in [3.8, 4) is 0 Å². The molecule has 2 rings (SSSR count). The molecule has 0 bridgehead atoms. The number of carbonyl (C=O) groups is 2. The molecule has 6 nitrogen and oxygen atoms in total. The molecule has 0 saturated carbocycles. The summed E-state index contributed by atoms with van der Waals surface area (Å²) in [6.07, 6.45) is 0.127. The van der Waals surface area contributed by atoms with Gasteiger partial charge < -0.3 is 15.6 Å². The Bertz CT molecular complexity index is 828. The lowest BCUT2D eigenvalue weighted by molar-refractivity contribution is -0.121. The normalized spacial score (nSPS) is 10.4. The van der Waals surface area contributed by atoms with Crippen molar-refractivity contribution < 1.29 is 9.59 Å². The van der Waals surface area contributed by atoms with Gasteiger partial charge in [-0.05, 0) is 49.7 Å². The molecule has 1 aromatic heterocycles. The monoisotopic (exact) mass is 361 g/mol. The van der Waals surface area contributed by atoms with E-state index in [-0.39, 0.29) is 36.9 Å². The van der Waals surface area contributed by atoms with Crippen LogP contribution in [0.4, 0.5) is 0 Å². The number of nitrogens with one attached hydrogen (secondary N) is 3. The van der Waals surface area contributed by atoms with E-state index in [4.69, 9.17) is 11.6 Å². The highest BCUT2D eigenvalue weighted by atomic mass is 35.5. The Morgan fingerprint density at radius 2 is 1.80 bits per heavy atom. The molecule has 1 heterocycles. The third-order valence-corrected chi connectivity index (χ3v) is 3.95. The Hall–Kier alpha value is -2.60. The van der Waals surface area contributed by atoms with E-state index in [9.17, 15) is 14.4 Å². The molecule has 0 aliphatic heterocycles. The third-order valence-electron chi connectivity index (χ3n) is 3.70. The lowest BCUT2D eigenvalue weighted by Crippen LogP contribution is -2.32. The zero-order valence-corrected chi connectivity index (χ0v) is 14.9. The van der Waals surface area contributed by atoms with Crippen molar-refractivity contribution in [3.63, 3.8) is 0 Å². The third kappa shape index (κ3) is 5.46. The van der Waals surface area contributed by atoms with Crippen molar-refractivity contribution >= 4 is 23.4 Å². The average molecular weight is 362 g/mol. The molecule has 0 aliphatic rings. The van der Waals surface area contributed by atoms with Crippen molar-refractivity contribution in [2.45, 2.75) is 26.8 Å². The average Bonchev–Trinajstić information content (AvgIpc) is 2.54. The summed E-state index contributed by atoms with van der Waals surface area (Å²) >= 11 is 5.77. The molecule has 0 aliphatic carbocycles. The minimum Gasteiger partial charge on any atom is -0.352 e. The number of aromatic nitrogens is 1. The van der Waals surface area contributed by atoms with Crippen LogP contribution in [0, 0.1) is 13.8 Å². The molecule has 2 amide bonds. The topological polar surface area (TPSA) is 91.1 Å². The van der Waals surface area contributed by atoms with Crippen molar-refractivity contribution in [1.29, 1.82) is 0 Å². The number of pyridine rings is 1. The molecule has 25 heavy (non-hydrogen) atoms. The minimum atomic E-state index is -0.268. The highest BCUT2D eigenvalue weighted by Crippen LogP contribution is 2.09. The van der Waals surface area contributed by atoms with Crippen LogP contribution in [0.5, 0.6) is 0 Å². The van der Waals surface area contributed by atoms with Gasteiger partial charge in [-0.1, -0.05) is 11.6 Å². The van der Waals surface area contributed by atoms with Crippen molar-refractivity contribution in [1.82, 2.24) is 15.6 Å². The lowest BCUT2D eigenvalue weighted by Gasteiger charge is -2.09. The molecule has 0 atom stereocenters. The highest BCUT2D eigenvalue weighted by Gasteiger charge is 2.09. The molecule has 0 spiro atoms. The van der Waals surface area contributed by atoms with E-state index in [0.29, 0.717) is 16.1 Å². The van der Waals surface area contributed by atoms with E-state index in [1.54, 1.807) is 31.2 Å². The van der Waals surface area contributed by atoms with E-state index in [1.807, 2.05) is 13.0 Å². The first-order valence-corrected chi connectivity index (χ1v) is 8.24. The van der Waals surface area contributed by atoms with Crippen LogP contribution in [0.1, 0.15) is 33.6 Å². The van der Waals surface area contributed by atoms with Crippen LogP contribution in [0.3, 0.4) is 0 Å². The number of carbonyl (C=O) groups excluding carboxylic acids is 2. The lowest BCUT2D eigenvalue weighted by atomic mass is 10.1. The molecule has 3 N–H and O–H groups in total. The number of aromatic amines is 1. The number of aryl methyl sites for hydroxylation is 2. The molecule has 0 fully saturated rings. The molecule has 0 radical (unpaired) electrons. The van der Waals surface area contributed by atoms with E-state index < -0.39 is 0 Å². The van der Waals surface area contributed by atoms with Gasteiger partial charge in [0.15, 0.2) is 0 Å². The number of H-pyrrole nitrogens is 1. The van der Waals surface area contributed by atoms with Gasteiger partial charge in [0, 0.05) is 41.4 Å². The SMILES string of the molecule is Cc1cc(C)c(CNC(=O)CCNC(=O)c2ccc(Cl)cc2)c(=O)[nH]1. The van der Waals surface area contributed by atoms with Crippen LogP contribution in [0.2, 0.25) is 5.02 Å². The molecule has 2 aromatic rings. The smallest absolute Gasteiger partial charge is 0.253 e. The van der Waals surface area contributed by atoms with Crippen molar-refractivity contribution in [2.75, 3.05) is 6.54 Å². The fraction of sp³-hybridized carbons (Fsp3) is 0.278. The van der Waals surface area contributed by atoms with Gasteiger partial charge in [0.1, 0.15) is 0 Å². The van der Waals surface area contributed by atoms with Gasteiger partial charge >= 0.3 is 0 Å². The van der Waals surface area contributed by atoms with Gasteiger partial charge in [-0.3, -0.25) is 14.4 Å². The summed E-state index contributed by atoms with van der Waals surface area (Å²) < 4.78 is 0. The zero-order valence-electron chi connectivity index (χ0n) is 14.1. The van der Waals surface area contributed by atoms with Crippen molar-refractivity contribution in [3.05, 3.63) is 68.1 Å². The highest BCUT2D eigenvalue weighted by molar-refractivity contribution is 6.30. The number of hydrogen-bond donors (Lipinski definition) is 3. The predicted molar refractivity (Wildman–Crippen MR) is 96.8 cm³/mol. The number of halogens is 1. The predicted octanol–water partition coefficient (Wildman–Crippen LogP) is 2.08. The van der Waals surface area contributed by atoms with Crippen LogP contribution in [-0.4, -0.2) is 23.3 Å². The maximum atomic E-state index is 11.9. The molecular formula is C18H20ClN3O3. The summed E-state index contributed by atoms with van der Waals surface area (Å²) in [5.41, 5.74) is 2.42. The molecular weight excluding hydrogens is 342 g/mol. The van der Waals surface area contributed by atoms with Gasteiger partial charge in [-0.2, -0.15) is 0 Å². The fourth-order valence-electron chi connectivity index (χ4n) is 2.37. The summed E-state index contributed by atoms with van der Waals surface area (Å²) in [5.74, 6) is -0.508. The number of benzene rings is 1. The summed E-state index contributed by atoms with van der Waals surface area (Å²) in [6.45, 7) is 4.00. The van der Waals surface area contributed by atoms with Gasteiger partial charge in [0.05, 0.1) is 0 Å². The van der Waals surface area contributed by atoms with E-state index in [2.05, 4.69) is 15.6 Å². The summed E-state index contributed by atoms with van der Waals surface area (Å²) in [4.78, 5) is 38.4. The standard InChI is InChI=1S/C18H20ClN3O3/c1-11-9-12(2)22-18(25)15(11)10-21-16(23)7-8-20-17(24)13-3-5-14(19)6-4-13/h3-6,9H,7-8,10H2,1-2H3,(H,20,24)(H,21,23)(H,22,25). The Balaban J connectivity index is 1.79. The van der Waals surface area contributed by atoms with Crippen LogP contribution in [-0.2, 0) is 11.3 Å². The fourth-order valence-corrected chi connectivity index (χ4v) is 2.50. The second kappa shape index (κ2) is 8.48. The van der Waals surface area contributed by atoms with Gasteiger partial charge in [-0.15, -0.1) is 0 Å². The summed E-state index contributed by atoms with van der Waals surface area (Å²) in [6, 6.07) is 8.35. The minimum absolute atomic E-state index is 0.127. The maximum Gasteiger partial charge on any atom is 0.253 e. The van der Waals surface area contributed by atoms with Gasteiger partial charge in [0.2, 0.25) is 5.91 Å². The van der Waals surface area contributed by atoms with Gasteiger partial charge in [0.25, 0.3) is 11.5 Å². The van der Waals surface area contributed by atoms with Crippen molar-refractivity contribution in [2.24, 2.45) is 0 Å². The summed E-state index contributed by atoms with van der Waals surface area (Å²) in [5, 5.41) is 5.91. The largest absolute Gasteiger partial charge is 0.352 e. The number of hydrogen-bond acceptors (Lipinski definition) is 3. The van der Waals surface area contributed by atoms with Crippen LogP contribution in [0.15, 0.2) is 35.1 Å². The molecule has 132 valence electrons. The first-order chi connectivity index (χ1) is 11.9. The van der Waals surface area contributed by atoms with Crippen LogP contribution >= 0.6 is 11.6 Å². The second-order valence-electron chi connectivity index (χ2n) is 5.73. The number of amides is 2. The van der Waals surface area contributed by atoms with Crippen LogP contribution < -0.4 is 16.2 Å². The van der Waals surface area contributed by atoms with E-state index in [1.165, 1.54) is 0 Å². The summed E-state index contributed by atoms with van der Waals surface area (Å²) in [7, 11) is 0. The first-order valence-electron chi connectivity index (χ1n) is 7.86. The molecule has 1 aromatic carbocycles. The Labute approximate surface area is 150 Å². The van der Waals surface area contributed by atoms with Crippen LogP contribution in [0.25, 0.3) is 0 Å². The maximum absolute atomic E-state index is 11.9. The Morgan fingerprint density at radius 3 is 2.44 bits per heavy atom. The van der Waals surface area contributed by atoms with Gasteiger partial charge in [-0.25, -0.2) is 0 Å².